The second-order valence-corrected chi connectivity index (χ2v) is 8.97. The second kappa shape index (κ2) is 9.50. The van der Waals surface area contributed by atoms with Crippen molar-refractivity contribution in [2.45, 2.75) is 26.2 Å². The zero-order chi connectivity index (χ0) is 22.7. The number of aryl methyl sites for hydroxylation is 1. The van der Waals surface area contributed by atoms with Crippen LogP contribution in [-0.4, -0.2) is 15.2 Å². The van der Waals surface area contributed by atoms with Crippen molar-refractivity contribution in [2.75, 3.05) is 4.90 Å². The smallest absolute Gasteiger partial charge is 0.270 e. The second-order valence-electron chi connectivity index (χ2n) is 7.30. The van der Waals surface area contributed by atoms with E-state index in [-0.39, 0.29) is 11.6 Å². The lowest BCUT2D eigenvalue weighted by Gasteiger charge is -2.15. The van der Waals surface area contributed by atoms with Gasteiger partial charge in [-0.3, -0.25) is 19.8 Å². The molecule has 32 heavy (non-hydrogen) atoms. The Morgan fingerprint density at radius 2 is 1.94 bits per heavy atom. The number of rotatable bonds is 7. The fourth-order valence-corrected chi connectivity index (χ4v) is 4.65. The lowest BCUT2D eigenvalue weighted by atomic mass is 10.1. The van der Waals surface area contributed by atoms with Crippen LogP contribution in [0.3, 0.4) is 0 Å². The van der Waals surface area contributed by atoms with Gasteiger partial charge in [0.25, 0.3) is 11.6 Å². The van der Waals surface area contributed by atoms with E-state index < -0.39 is 4.92 Å². The maximum absolute atomic E-state index is 13.0. The number of anilines is 1. The number of amides is 1. The topological polar surface area (TPSA) is 76.6 Å². The van der Waals surface area contributed by atoms with Crippen LogP contribution in [0.15, 0.2) is 70.0 Å². The Labute approximate surface area is 195 Å². The highest BCUT2D eigenvalue weighted by Crippen LogP contribution is 2.37. The zero-order valence-corrected chi connectivity index (χ0v) is 18.9. The van der Waals surface area contributed by atoms with Crippen molar-refractivity contribution in [2.24, 2.45) is 0 Å². The maximum atomic E-state index is 13.0. The van der Waals surface area contributed by atoms with Crippen molar-refractivity contribution in [3.8, 4) is 11.3 Å². The lowest BCUT2D eigenvalue weighted by molar-refractivity contribution is -0.384. The molecule has 1 aromatic heterocycles. The average Bonchev–Trinajstić information content (AvgIpc) is 3.37. The Hall–Kier alpha value is -3.23. The Balaban J connectivity index is 1.53. The number of furan rings is 1. The van der Waals surface area contributed by atoms with Crippen LogP contribution in [0.4, 0.5) is 11.4 Å². The van der Waals surface area contributed by atoms with Crippen molar-refractivity contribution >= 4 is 51.7 Å². The Kier molecular flexibility index (Phi) is 6.53. The fraction of sp³-hybridized carbons (Fsp3) is 0.167. The SMILES string of the molecule is CCCCc1ccc(N2C(=O)C(=Cc3ccc(-c4cccc([N+](=O)[O-])c4)o3)SC2=S)cc1. The number of thiocarbonyl (C=S) groups is 1. The summed E-state index contributed by atoms with van der Waals surface area (Å²) in [5, 5.41) is 11.0. The standard InChI is InChI=1S/C24H20N2O4S2/c1-2-3-5-16-8-10-18(11-9-16)25-23(27)22(32-24(25)31)15-20-12-13-21(30-20)17-6-4-7-19(14-17)26(28)29/h4,6-15H,2-3,5H2,1H3. The van der Waals surface area contributed by atoms with E-state index >= 15 is 0 Å². The molecule has 1 saturated heterocycles. The summed E-state index contributed by atoms with van der Waals surface area (Å²) in [5.74, 6) is 0.759. The monoisotopic (exact) mass is 464 g/mol. The molecule has 162 valence electrons. The van der Waals surface area contributed by atoms with E-state index in [4.69, 9.17) is 16.6 Å². The van der Waals surface area contributed by atoms with Crippen LogP contribution in [-0.2, 0) is 11.2 Å². The molecule has 0 unspecified atom stereocenters. The first-order chi connectivity index (χ1) is 15.5. The van der Waals surface area contributed by atoms with Crippen LogP contribution < -0.4 is 4.90 Å². The quantitative estimate of drug-likeness (QED) is 0.170. The van der Waals surface area contributed by atoms with E-state index in [1.807, 2.05) is 24.3 Å². The largest absolute Gasteiger partial charge is 0.457 e. The highest BCUT2D eigenvalue weighted by Gasteiger charge is 2.33. The molecular formula is C24H20N2O4S2. The minimum atomic E-state index is -0.449. The van der Waals surface area contributed by atoms with Gasteiger partial charge < -0.3 is 4.42 Å². The first-order valence-electron chi connectivity index (χ1n) is 10.2. The van der Waals surface area contributed by atoms with E-state index in [0.29, 0.717) is 26.3 Å². The van der Waals surface area contributed by atoms with Gasteiger partial charge in [-0.25, -0.2) is 0 Å². The molecule has 0 saturated carbocycles. The predicted molar refractivity (Wildman–Crippen MR) is 132 cm³/mol. The van der Waals surface area contributed by atoms with Crippen molar-refractivity contribution < 1.29 is 14.1 Å². The number of benzene rings is 2. The summed E-state index contributed by atoms with van der Waals surface area (Å²) in [4.78, 5) is 25.6. The summed E-state index contributed by atoms with van der Waals surface area (Å²) in [6.45, 7) is 2.16. The van der Waals surface area contributed by atoms with E-state index in [2.05, 4.69) is 6.92 Å². The van der Waals surface area contributed by atoms with E-state index in [9.17, 15) is 14.9 Å². The Bertz CT molecular complexity index is 1210. The van der Waals surface area contributed by atoms with Gasteiger partial charge in [-0.1, -0.05) is 61.6 Å². The molecule has 0 atom stereocenters. The summed E-state index contributed by atoms with van der Waals surface area (Å²) < 4.78 is 6.28. The van der Waals surface area contributed by atoms with E-state index in [0.717, 1.165) is 24.9 Å². The number of unbranched alkanes of at least 4 members (excludes halogenated alkanes) is 1. The first kappa shape index (κ1) is 22.0. The molecule has 0 bridgehead atoms. The highest BCUT2D eigenvalue weighted by molar-refractivity contribution is 8.27. The molecular weight excluding hydrogens is 444 g/mol. The number of non-ortho nitro benzene ring substituents is 1. The van der Waals surface area contributed by atoms with Gasteiger partial charge in [0.15, 0.2) is 4.32 Å². The molecule has 0 spiro atoms. The van der Waals surface area contributed by atoms with Gasteiger partial charge in [-0.05, 0) is 42.7 Å². The van der Waals surface area contributed by atoms with Gasteiger partial charge in [0.1, 0.15) is 11.5 Å². The normalized spacial score (nSPS) is 15.0. The molecule has 8 heteroatoms. The number of thioether (sulfide) groups is 1. The van der Waals surface area contributed by atoms with Crippen molar-refractivity contribution in [3.63, 3.8) is 0 Å². The molecule has 2 aromatic carbocycles. The Morgan fingerprint density at radius 1 is 1.16 bits per heavy atom. The highest BCUT2D eigenvalue weighted by atomic mass is 32.2. The summed E-state index contributed by atoms with van der Waals surface area (Å²) in [5.41, 5.74) is 2.56. The third-order valence-electron chi connectivity index (χ3n) is 5.05. The molecule has 1 fully saturated rings. The summed E-state index contributed by atoms with van der Waals surface area (Å²) in [6.07, 6.45) is 4.93. The van der Waals surface area contributed by atoms with Gasteiger partial charge in [-0.15, -0.1) is 0 Å². The molecule has 0 radical (unpaired) electrons. The van der Waals surface area contributed by atoms with E-state index in [1.54, 1.807) is 30.3 Å². The van der Waals surface area contributed by atoms with Gasteiger partial charge in [-0.2, -0.15) is 0 Å². The molecule has 4 rings (SSSR count). The minimum absolute atomic E-state index is 0.0120. The summed E-state index contributed by atoms with van der Waals surface area (Å²) in [6, 6.07) is 17.6. The number of nitro benzene ring substituents is 1. The van der Waals surface area contributed by atoms with Crippen LogP contribution in [0, 0.1) is 10.1 Å². The van der Waals surface area contributed by atoms with E-state index in [1.165, 1.54) is 34.4 Å². The maximum Gasteiger partial charge on any atom is 0.270 e. The lowest BCUT2D eigenvalue weighted by Crippen LogP contribution is -2.27. The van der Waals surface area contributed by atoms with Crippen LogP contribution in [0.2, 0.25) is 0 Å². The number of hydrogen-bond donors (Lipinski definition) is 0. The van der Waals surface area contributed by atoms with Gasteiger partial charge >= 0.3 is 0 Å². The molecule has 0 N–H and O–H groups in total. The third kappa shape index (κ3) is 4.66. The number of carbonyl (C=O) groups excluding carboxylic acids is 1. The number of carbonyl (C=O) groups is 1. The van der Waals surface area contributed by atoms with Crippen LogP contribution in [0.1, 0.15) is 31.1 Å². The van der Waals surface area contributed by atoms with Gasteiger partial charge in [0.2, 0.25) is 0 Å². The van der Waals surface area contributed by atoms with Crippen molar-refractivity contribution in [1.82, 2.24) is 0 Å². The molecule has 0 aliphatic carbocycles. The van der Waals surface area contributed by atoms with Crippen molar-refractivity contribution in [1.29, 1.82) is 0 Å². The molecule has 1 aliphatic heterocycles. The average molecular weight is 465 g/mol. The first-order valence-corrected chi connectivity index (χ1v) is 11.4. The Morgan fingerprint density at radius 3 is 2.66 bits per heavy atom. The summed E-state index contributed by atoms with van der Waals surface area (Å²) in [7, 11) is 0. The minimum Gasteiger partial charge on any atom is -0.457 e. The molecule has 3 aromatic rings. The molecule has 1 aliphatic rings. The fourth-order valence-electron chi connectivity index (χ4n) is 3.37. The molecule has 2 heterocycles. The number of nitrogens with zero attached hydrogens (tertiary/aromatic N) is 2. The number of nitro groups is 1. The summed E-state index contributed by atoms with van der Waals surface area (Å²) >= 11 is 6.67. The molecule has 6 nitrogen and oxygen atoms in total. The van der Waals surface area contributed by atoms with Gasteiger partial charge in [0.05, 0.1) is 15.5 Å². The van der Waals surface area contributed by atoms with Crippen LogP contribution >= 0.6 is 24.0 Å². The number of hydrogen-bond acceptors (Lipinski definition) is 6. The zero-order valence-electron chi connectivity index (χ0n) is 17.3. The van der Waals surface area contributed by atoms with Crippen LogP contribution in [0.25, 0.3) is 17.4 Å². The van der Waals surface area contributed by atoms with Crippen LogP contribution in [0.5, 0.6) is 0 Å². The van der Waals surface area contributed by atoms with Gasteiger partial charge in [0, 0.05) is 23.8 Å². The predicted octanol–water partition coefficient (Wildman–Crippen LogP) is 6.60. The van der Waals surface area contributed by atoms with Crippen molar-refractivity contribution in [3.05, 3.63) is 87.0 Å². The third-order valence-corrected chi connectivity index (χ3v) is 6.35. The molecule has 1 amide bonds.